The molecule has 0 amide bonds. The number of carbonyl (C=O) groups excluding carboxylic acids is 5. The molecule has 31 nitrogen and oxygen atoms in total. The molecule has 61 heavy (non-hydrogen) atoms. The van der Waals surface area contributed by atoms with Crippen LogP contribution >= 0.6 is 0 Å². The van der Waals surface area contributed by atoms with Crippen LogP contribution in [0.5, 0.6) is 0 Å². The number of aldehydes is 5. The Hall–Kier alpha value is -3.14. The van der Waals surface area contributed by atoms with Gasteiger partial charge in [-0.05, 0) is 0 Å². The first kappa shape index (κ1) is 66.9. The predicted octanol–water partition coefficient (Wildman–Crippen LogP) is -16.8. The fourth-order valence-electron chi connectivity index (χ4n) is 3.09. The molecule has 0 aromatic carbocycles. The zero-order valence-electron chi connectivity index (χ0n) is 31.4. The maximum absolute atomic E-state index is 10.1. The maximum atomic E-state index is 10.1. The fraction of sp³-hybridized carbons (Fsp3) is 0.800. The zero-order chi connectivity index (χ0) is 49.5. The van der Waals surface area contributed by atoms with Gasteiger partial charge in [-0.1, -0.05) is 0 Å². The van der Waals surface area contributed by atoms with E-state index in [0.717, 1.165) is 0 Å². The Kier molecular flexibility index (Phi) is 41.1. The summed E-state index contributed by atoms with van der Waals surface area (Å²) in [5, 5.41) is 217. The van der Waals surface area contributed by atoms with Crippen LogP contribution in [0.3, 0.4) is 0 Å². The number of aliphatic hydroxyl groups excluding tert-OH is 24. The van der Waals surface area contributed by atoms with Gasteiger partial charge in [-0.3, -0.25) is 0 Å². The highest BCUT2D eigenvalue weighted by molar-refractivity contribution is 5.73. The van der Waals surface area contributed by atoms with Crippen molar-refractivity contribution in [3.05, 3.63) is 0 Å². The van der Waals surface area contributed by atoms with Crippen molar-refractivity contribution in [3.8, 4) is 0 Å². The van der Waals surface area contributed by atoms with Gasteiger partial charge in [0, 0.05) is 0 Å². The second kappa shape index (κ2) is 37.4. The number of aliphatic hydroxyl groups is 24. The van der Waals surface area contributed by atoms with Gasteiger partial charge in [0.25, 0.3) is 0 Å². The number of carboxylic acid groups (broad SMARTS) is 1. The van der Waals surface area contributed by atoms with E-state index in [9.17, 15) is 28.8 Å². The summed E-state index contributed by atoms with van der Waals surface area (Å²) in [6.07, 6.45) is -35.7. The van der Waals surface area contributed by atoms with E-state index in [-0.39, 0.29) is 31.4 Å². The van der Waals surface area contributed by atoms with Gasteiger partial charge < -0.3 is 152 Å². The summed E-state index contributed by atoms with van der Waals surface area (Å²) >= 11 is 0. The quantitative estimate of drug-likeness (QED) is 0.0378. The number of carboxylic acids is 1. The molecule has 0 bridgehead atoms. The van der Waals surface area contributed by atoms with Crippen LogP contribution in [0, 0.1) is 0 Å². The third-order valence-electron chi connectivity index (χ3n) is 7.10. The first-order valence-corrected chi connectivity index (χ1v) is 16.6. The van der Waals surface area contributed by atoms with E-state index in [4.69, 9.17) is 128 Å². The summed E-state index contributed by atoms with van der Waals surface area (Å²) in [5.74, 6) is -1.76. The zero-order valence-corrected chi connectivity index (χ0v) is 31.4. The Labute approximate surface area is 342 Å². The van der Waals surface area contributed by atoms with Gasteiger partial charge in [0.05, 0.1) is 26.4 Å². The molecule has 0 spiro atoms. The molecule has 0 aromatic rings. The fourth-order valence-corrected chi connectivity index (χ4v) is 3.09. The Morgan fingerprint density at radius 2 is 0.443 bits per heavy atom. The molecular formula is C30H58O31. The van der Waals surface area contributed by atoms with Crippen molar-refractivity contribution in [3.63, 3.8) is 0 Å². The lowest BCUT2D eigenvalue weighted by Gasteiger charge is -2.22. The Bertz CT molecular complexity index is 1010. The van der Waals surface area contributed by atoms with Gasteiger partial charge in [-0.25, -0.2) is 4.79 Å². The van der Waals surface area contributed by atoms with E-state index < -0.39 is 154 Å². The van der Waals surface area contributed by atoms with Crippen LogP contribution < -0.4 is 0 Å². The molecule has 0 radical (unpaired) electrons. The molecule has 25 N–H and O–H groups in total. The van der Waals surface area contributed by atoms with Crippen LogP contribution in [-0.4, -0.2) is 314 Å². The van der Waals surface area contributed by atoms with Crippen LogP contribution in [0.1, 0.15) is 0 Å². The molecule has 0 aromatic heterocycles. The Morgan fingerprint density at radius 1 is 0.295 bits per heavy atom. The van der Waals surface area contributed by atoms with Gasteiger partial charge in [0.15, 0.2) is 37.5 Å². The highest BCUT2D eigenvalue weighted by Gasteiger charge is 2.35. The van der Waals surface area contributed by atoms with E-state index in [2.05, 4.69) is 0 Å². The molecule has 364 valence electrons. The molecule has 0 saturated carbocycles. The lowest BCUT2D eigenvalue weighted by molar-refractivity contribution is -0.163. The molecule has 31 heteroatoms. The molecule has 0 aliphatic rings. The minimum Gasteiger partial charge on any atom is -0.479 e. The van der Waals surface area contributed by atoms with Gasteiger partial charge in [0.1, 0.15) is 116 Å². The number of hydrogen-bond acceptors (Lipinski definition) is 30. The normalized spacial score (nSPS) is 20.9. The van der Waals surface area contributed by atoms with Crippen molar-refractivity contribution < 1.29 is 156 Å². The smallest absolute Gasteiger partial charge is 0.335 e. The summed E-state index contributed by atoms with van der Waals surface area (Å²) in [4.78, 5) is 59.5. The largest absolute Gasteiger partial charge is 0.479 e. The topological polar surface area (TPSA) is 608 Å². The number of carbonyl (C=O) groups is 6. The van der Waals surface area contributed by atoms with Crippen LogP contribution in [0.25, 0.3) is 0 Å². The summed E-state index contributed by atoms with van der Waals surface area (Å²) in [5.41, 5.74) is 0. The molecule has 0 unspecified atom stereocenters. The summed E-state index contributed by atoms with van der Waals surface area (Å²) in [7, 11) is 0. The second-order valence-corrected chi connectivity index (χ2v) is 11.8. The van der Waals surface area contributed by atoms with Crippen molar-refractivity contribution in [1.29, 1.82) is 0 Å². The number of rotatable bonds is 25. The van der Waals surface area contributed by atoms with E-state index in [1.807, 2.05) is 0 Å². The van der Waals surface area contributed by atoms with Crippen molar-refractivity contribution >= 4 is 37.4 Å². The Balaban J connectivity index is -0.000000214. The number of hydrogen-bond donors (Lipinski definition) is 25. The minimum atomic E-state index is -2.25. The standard InChI is InChI=1S/C6H10O7.4C6H12O6/c7-1-2(8)3(9)4(10)5(11)6(12)13;4*7-1-3(9)5(11)6(12)4(10)2-8/h1-5,8-11H,(H,12,13);4*1,3-6,8-12H,2H2/t2-,3+,4-,5-;2*3-,4+,5+,6+;2*3-,4-,5-,6-/m00011/s1. The first-order chi connectivity index (χ1) is 28.1. The van der Waals surface area contributed by atoms with Crippen molar-refractivity contribution in [2.75, 3.05) is 26.4 Å². The first-order valence-electron chi connectivity index (χ1n) is 16.6. The monoisotopic (exact) mass is 914 g/mol. The van der Waals surface area contributed by atoms with E-state index in [1.54, 1.807) is 0 Å². The molecule has 0 aliphatic carbocycles. The van der Waals surface area contributed by atoms with Crippen molar-refractivity contribution in [2.45, 2.75) is 122 Å². The lowest BCUT2D eigenvalue weighted by atomic mass is 10.0. The van der Waals surface area contributed by atoms with E-state index in [0.29, 0.717) is 0 Å². The van der Waals surface area contributed by atoms with Crippen LogP contribution in [0.4, 0.5) is 0 Å². The highest BCUT2D eigenvalue weighted by atomic mass is 16.4. The van der Waals surface area contributed by atoms with Crippen LogP contribution in [0.2, 0.25) is 0 Å². The molecule has 0 saturated heterocycles. The van der Waals surface area contributed by atoms with Crippen molar-refractivity contribution in [2.24, 2.45) is 0 Å². The SMILES string of the molecule is O=C[C@@H](O)[C@@H](O)[C@H](O)[C@H](O)CO.O=C[C@@H](O)[C@@H](O)[C@H](O)[C@H](O)CO.O=C[C@H](O)[C@@H](O)[C@H](O)[C@H](O)C(=O)O.O=C[C@H](O)[C@@H](O)[C@H](O)[C@H](O)CO.O=C[C@H](O)[C@@H](O)[C@H](O)[C@H](O)CO. The van der Waals surface area contributed by atoms with Crippen LogP contribution in [-0.2, 0) is 28.8 Å². The van der Waals surface area contributed by atoms with E-state index in [1.165, 1.54) is 0 Å². The molecule has 20 atom stereocenters. The average Bonchev–Trinajstić information content (AvgIpc) is 3.28. The highest BCUT2D eigenvalue weighted by Crippen LogP contribution is 2.06. The van der Waals surface area contributed by atoms with Gasteiger partial charge in [-0.15, -0.1) is 0 Å². The summed E-state index contributed by atoms with van der Waals surface area (Å²) in [6, 6.07) is 0. The van der Waals surface area contributed by atoms with E-state index >= 15 is 0 Å². The summed E-state index contributed by atoms with van der Waals surface area (Å²) in [6.45, 7) is -3.04. The van der Waals surface area contributed by atoms with Gasteiger partial charge in [-0.2, -0.15) is 0 Å². The lowest BCUT2D eigenvalue weighted by Crippen LogP contribution is -2.48. The summed E-state index contributed by atoms with van der Waals surface area (Å²) < 4.78 is 0. The molecular weight excluding hydrogens is 856 g/mol. The third-order valence-corrected chi connectivity index (χ3v) is 7.10. The molecule has 0 aliphatic heterocycles. The maximum Gasteiger partial charge on any atom is 0.335 e. The van der Waals surface area contributed by atoms with Gasteiger partial charge >= 0.3 is 5.97 Å². The van der Waals surface area contributed by atoms with Crippen LogP contribution in [0.15, 0.2) is 0 Å². The van der Waals surface area contributed by atoms with Gasteiger partial charge in [0.2, 0.25) is 0 Å². The Morgan fingerprint density at radius 3 is 0.557 bits per heavy atom. The molecule has 0 rings (SSSR count). The minimum absolute atomic E-state index is 0.0258. The number of aliphatic carboxylic acids is 1. The predicted molar refractivity (Wildman–Crippen MR) is 186 cm³/mol. The average molecular weight is 915 g/mol. The second-order valence-electron chi connectivity index (χ2n) is 11.8. The molecule has 0 fully saturated rings. The van der Waals surface area contributed by atoms with Crippen molar-refractivity contribution in [1.82, 2.24) is 0 Å². The third kappa shape index (κ3) is 27.5. The molecule has 0 heterocycles.